The summed E-state index contributed by atoms with van der Waals surface area (Å²) in [5.74, 6) is 1.69. The van der Waals surface area contributed by atoms with Gasteiger partial charge in [-0.15, -0.1) is 0 Å². The number of aryl methyl sites for hydroxylation is 1. The number of pyridine rings is 1. The molecule has 0 saturated heterocycles. The SMILES string of the molecule is CCCCCCCCCCOc1ccc(OCC(=O)NCCc2cc[n+](CC)cc2)c(OC)c1. The highest BCUT2D eigenvalue weighted by molar-refractivity contribution is 5.77. The number of ether oxygens (including phenoxy) is 3. The first-order valence-corrected chi connectivity index (χ1v) is 12.8. The monoisotopic (exact) mass is 471 g/mol. The van der Waals surface area contributed by atoms with Crippen molar-refractivity contribution in [2.24, 2.45) is 0 Å². The third-order valence-electron chi connectivity index (χ3n) is 5.82. The van der Waals surface area contributed by atoms with E-state index in [0.717, 1.165) is 25.1 Å². The molecule has 0 spiro atoms. The number of unbranched alkanes of at least 4 members (excludes halogenated alkanes) is 7. The van der Waals surface area contributed by atoms with Gasteiger partial charge in [0.2, 0.25) is 0 Å². The second kappa shape index (κ2) is 16.8. The minimum absolute atomic E-state index is 0.0561. The van der Waals surface area contributed by atoms with Crippen LogP contribution in [0.3, 0.4) is 0 Å². The topological polar surface area (TPSA) is 60.7 Å². The summed E-state index contributed by atoms with van der Waals surface area (Å²) in [6.07, 6.45) is 15.1. The molecule has 1 aromatic heterocycles. The smallest absolute Gasteiger partial charge is 0.257 e. The number of carbonyl (C=O) groups is 1. The molecule has 2 rings (SSSR count). The number of hydrogen-bond acceptors (Lipinski definition) is 4. The first-order valence-electron chi connectivity index (χ1n) is 12.8. The molecule has 6 nitrogen and oxygen atoms in total. The van der Waals surface area contributed by atoms with Crippen LogP contribution in [0.2, 0.25) is 0 Å². The first kappa shape index (κ1) is 27.5. The molecule has 0 aliphatic carbocycles. The van der Waals surface area contributed by atoms with E-state index in [0.29, 0.717) is 24.7 Å². The molecule has 1 amide bonds. The zero-order chi connectivity index (χ0) is 24.4. The van der Waals surface area contributed by atoms with Crippen LogP contribution in [0, 0.1) is 0 Å². The van der Waals surface area contributed by atoms with E-state index in [1.165, 1.54) is 50.5 Å². The molecule has 1 aromatic carbocycles. The summed E-state index contributed by atoms with van der Waals surface area (Å²) in [6.45, 7) is 6.51. The quantitative estimate of drug-likeness (QED) is 0.238. The number of nitrogens with zero attached hydrogens (tertiary/aromatic N) is 1. The predicted molar refractivity (Wildman–Crippen MR) is 136 cm³/mol. The van der Waals surface area contributed by atoms with Crippen molar-refractivity contribution >= 4 is 5.91 Å². The lowest BCUT2D eigenvalue weighted by Gasteiger charge is -2.13. The lowest BCUT2D eigenvalue weighted by atomic mass is 10.1. The van der Waals surface area contributed by atoms with Gasteiger partial charge in [-0.3, -0.25) is 4.79 Å². The molecule has 34 heavy (non-hydrogen) atoms. The van der Waals surface area contributed by atoms with Crippen LogP contribution in [0.15, 0.2) is 42.7 Å². The summed E-state index contributed by atoms with van der Waals surface area (Å²) < 4.78 is 19.1. The molecule has 2 aromatic rings. The summed E-state index contributed by atoms with van der Waals surface area (Å²) in [6, 6.07) is 9.63. The third kappa shape index (κ3) is 10.9. The fourth-order valence-corrected chi connectivity index (χ4v) is 3.69. The molecule has 0 atom stereocenters. The van der Waals surface area contributed by atoms with Gasteiger partial charge in [-0.25, -0.2) is 4.57 Å². The van der Waals surface area contributed by atoms with Gasteiger partial charge in [0.1, 0.15) is 12.3 Å². The average molecular weight is 472 g/mol. The summed E-state index contributed by atoms with van der Waals surface area (Å²) in [7, 11) is 1.59. The van der Waals surface area contributed by atoms with Gasteiger partial charge in [0.05, 0.1) is 13.7 Å². The molecule has 1 heterocycles. The zero-order valence-corrected chi connectivity index (χ0v) is 21.3. The second-order valence-electron chi connectivity index (χ2n) is 8.56. The maximum atomic E-state index is 12.2. The lowest BCUT2D eigenvalue weighted by Crippen LogP contribution is -2.32. The molecule has 1 N–H and O–H groups in total. The fraction of sp³-hybridized carbons (Fsp3) is 0.571. The van der Waals surface area contributed by atoms with Crippen molar-refractivity contribution in [3.05, 3.63) is 48.3 Å². The molecule has 188 valence electrons. The Morgan fingerprint density at radius 2 is 1.59 bits per heavy atom. The molecule has 0 radical (unpaired) electrons. The minimum Gasteiger partial charge on any atom is -0.493 e. The van der Waals surface area contributed by atoms with Gasteiger partial charge in [-0.2, -0.15) is 0 Å². The van der Waals surface area contributed by atoms with E-state index in [2.05, 4.69) is 48.3 Å². The standard InChI is InChI=1S/C28H42N2O4/c1-4-6-7-8-9-10-11-12-21-33-25-13-14-26(27(22-25)32-3)34-23-28(31)29-18-15-24-16-19-30(5-2)20-17-24/h13-14,16-17,19-20,22H,4-12,15,18,21,23H2,1-3H3/p+1. The summed E-state index contributed by atoms with van der Waals surface area (Å²) in [5, 5.41) is 2.90. The largest absolute Gasteiger partial charge is 0.493 e. The van der Waals surface area contributed by atoms with E-state index in [1.807, 2.05) is 12.1 Å². The Morgan fingerprint density at radius 3 is 2.26 bits per heavy atom. The van der Waals surface area contributed by atoms with E-state index >= 15 is 0 Å². The van der Waals surface area contributed by atoms with E-state index in [-0.39, 0.29) is 12.5 Å². The highest BCUT2D eigenvalue weighted by Crippen LogP contribution is 2.31. The van der Waals surface area contributed by atoms with Gasteiger partial charge in [0.15, 0.2) is 30.5 Å². The van der Waals surface area contributed by atoms with Crippen LogP contribution in [0.25, 0.3) is 0 Å². The molecule has 0 aliphatic heterocycles. The van der Waals surface area contributed by atoms with Crippen LogP contribution in [0.5, 0.6) is 17.2 Å². The number of hydrogen-bond donors (Lipinski definition) is 1. The van der Waals surface area contributed by atoms with Gasteiger partial charge in [-0.1, -0.05) is 51.9 Å². The Kier molecular flexibility index (Phi) is 13.6. The number of methoxy groups -OCH3 is 1. The fourth-order valence-electron chi connectivity index (χ4n) is 3.69. The van der Waals surface area contributed by atoms with Crippen molar-refractivity contribution in [3.63, 3.8) is 0 Å². The van der Waals surface area contributed by atoms with Crippen molar-refractivity contribution < 1.29 is 23.6 Å². The van der Waals surface area contributed by atoms with Crippen LogP contribution < -0.4 is 24.1 Å². The number of aromatic nitrogens is 1. The molecule has 6 heteroatoms. The normalized spacial score (nSPS) is 10.7. The number of carbonyl (C=O) groups excluding carboxylic acids is 1. The van der Waals surface area contributed by atoms with E-state index in [4.69, 9.17) is 14.2 Å². The van der Waals surface area contributed by atoms with E-state index in [1.54, 1.807) is 13.2 Å². The summed E-state index contributed by atoms with van der Waals surface area (Å²) in [5.41, 5.74) is 1.19. The maximum Gasteiger partial charge on any atom is 0.257 e. The Morgan fingerprint density at radius 1 is 0.882 bits per heavy atom. The van der Waals surface area contributed by atoms with E-state index in [9.17, 15) is 4.79 Å². The molecular weight excluding hydrogens is 428 g/mol. The van der Waals surface area contributed by atoms with Gasteiger partial charge >= 0.3 is 0 Å². The Balaban J connectivity index is 1.64. The van der Waals surface area contributed by atoms with Crippen molar-refractivity contribution in [2.45, 2.75) is 78.2 Å². The Hall–Kier alpha value is -2.76. The summed E-state index contributed by atoms with van der Waals surface area (Å²) >= 11 is 0. The minimum atomic E-state index is -0.156. The van der Waals surface area contributed by atoms with Crippen LogP contribution in [0.4, 0.5) is 0 Å². The summed E-state index contributed by atoms with van der Waals surface area (Å²) in [4.78, 5) is 12.2. The maximum absolute atomic E-state index is 12.2. The number of amides is 1. The molecule has 0 saturated carbocycles. The van der Waals surface area contributed by atoms with Crippen molar-refractivity contribution in [1.82, 2.24) is 5.32 Å². The molecule has 0 fully saturated rings. The van der Waals surface area contributed by atoms with E-state index < -0.39 is 0 Å². The van der Waals surface area contributed by atoms with Crippen molar-refractivity contribution in [1.29, 1.82) is 0 Å². The average Bonchev–Trinajstić information content (AvgIpc) is 2.87. The highest BCUT2D eigenvalue weighted by atomic mass is 16.5. The molecule has 0 bridgehead atoms. The van der Waals surface area contributed by atoms with Gasteiger partial charge < -0.3 is 19.5 Å². The number of nitrogens with one attached hydrogen (secondary N) is 1. The van der Waals surface area contributed by atoms with Crippen LogP contribution in [0.1, 0.15) is 70.8 Å². The Labute approximate surface area is 205 Å². The van der Waals surface area contributed by atoms with Crippen LogP contribution in [-0.2, 0) is 17.8 Å². The molecule has 0 unspecified atom stereocenters. The lowest BCUT2D eigenvalue weighted by molar-refractivity contribution is -0.693. The van der Waals surface area contributed by atoms with Crippen LogP contribution in [-0.4, -0.2) is 32.8 Å². The van der Waals surface area contributed by atoms with Gasteiger partial charge in [0, 0.05) is 24.7 Å². The van der Waals surface area contributed by atoms with Crippen molar-refractivity contribution in [3.8, 4) is 17.2 Å². The van der Waals surface area contributed by atoms with Gasteiger partial charge in [0.25, 0.3) is 5.91 Å². The number of benzene rings is 1. The number of rotatable bonds is 18. The first-order chi connectivity index (χ1) is 16.7. The second-order valence-corrected chi connectivity index (χ2v) is 8.56. The highest BCUT2D eigenvalue weighted by Gasteiger charge is 2.09. The molecular formula is C28H43N2O4+. The molecule has 0 aliphatic rings. The predicted octanol–water partition coefficient (Wildman–Crippen LogP) is 5.26. The van der Waals surface area contributed by atoms with Gasteiger partial charge in [-0.05, 0) is 37.5 Å². The van der Waals surface area contributed by atoms with Crippen LogP contribution >= 0.6 is 0 Å². The zero-order valence-electron chi connectivity index (χ0n) is 21.3. The Bertz CT molecular complexity index is 824. The van der Waals surface area contributed by atoms with Crippen molar-refractivity contribution in [2.75, 3.05) is 26.9 Å². The third-order valence-corrected chi connectivity index (χ3v) is 5.82.